The minimum absolute atomic E-state index is 0.211. The van der Waals surface area contributed by atoms with E-state index in [1.54, 1.807) is 6.20 Å². The van der Waals surface area contributed by atoms with E-state index < -0.39 is 0 Å². The number of aryl methyl sites for hydroxylation is 1. The van der Waals surface area contributed by atoms with Gasteiger partial charge in [0.1, 0.15) is 12.4 Å². The van der Waals surface area contributed by atoms with Crippen LogP contribution in [0.4, 0.5) is 0 Å². The van der Waals surface area contributed by atoms with Crippen molar-refractivity contribution in [2.45, 2.75) is 45.9 Å². The van der Waals surface area contributed by atoms with Gasteiger partial charge in [-0.25, -0.2) is 4.98 Å². The van der Waals surface area contributed by atoms with Crippen LogP contribution < -0.4 is 4.74 Å². The third-order valence-electron chi connectivity index (χ3n) is 4.77. The minimum Gasteiger partial charge on any atom is -0.489 e. The number of hydrogen-bond acceptors (Lipinski definition) is 3. The van der Waals surface area contributed by atoms with Gasteiger partial charge in [0.05, 0.1) is 6.33 Å². The van der Waals surface area contributed by atoms with E-state index in [4.69, 9.17) is 4.74 Å². The lowest BCUT2D eigenvalue weighted by Gasteiger charge is -2.23. The van der Waals surface area contributed by atoms with E-state index in [0.29, 0.717) is 19.6 Å². The number of ether oxygens (including phenoxy) is 1. The number of carbonyl (C=O) groups excluding carboxylic acids is 1. The maximum Gasteiger partial charge on any atom is 0.222 e. The maximum absolute atomic E-state index is 12.5. The van der Waals surface area contributed by atoms with Crippen molar-refractivity contribution in [3.63, 3.8) is 0 Å². The highest BCUT2D eigenvalue weighted by molar-refractivity contribution is 5.76. The summed E-state index contributed by atoms with van der Waals surface area (Å²) in [7, 11) is 0. The van der Waals surface area contributed by atoms with Crippen molar-refractivity contribution >= 4 is 5.91 Å². The normalized spacial score (nSPS) is 10.7. The Morgan fingerprint density at radius 3 is 2.55 bits per heavy atom. The Bertz CT molecular complexity index is 846. The summed E-state index contributed by atoms with van der Waals surface area (Å²) in [6, 6.07) is 18.2. The zero-order chi connectivity index (χ0) is 20.3. The van der Waals surface area contributed by atoms with Crippen LogP contribution in [-0.2, 0) is 24.5 Å². The Kier molecular flexibility index (Phi) is 7.87. The zero-order valence-corrected chi connectivity index (χ0v) is 17.0. The van der Waals surface area contributed by atoms with Gasteiger partial charge in [-0.3, -0.25) is 4.79 Å². The smallest absolute Gasteiger partial charge is 0.222 e. The molecule has 0 atom stereocenters. The number of hydrogen-bond donors (Lipinski definition) is 0. The van der Waals surface area contributed by atoms with Gasteiger partial charge in [-0.1, -0.05) is 49.4 Å². The number of amides is 1. The predicted molar refractivity (Wildman–Crippen MR) is 114 cm³/mol. The molecule has 0 fully saturated rings. The molecular weight excluding hydrogens is 362 g/mol. The standard InChI is InChI=1S/C24H29N3O2/c1-2-7-24(28)27(16-6-15-26-17-14-25-20-26)18-21-10-12-23(13-11-21)29-19-22-8-4-3-5-9-22/h3-5,8-14,17,20H,2,6-7,15-16,18-19H2,1H3. The Morgan fingerprint density at radius 1 is 1.07 bits per heavy atom. The molecule has 3 aromatic rings. The molecule has 0 saturated carbocycles. The second kappa shape index (κ2) is 11.1. The second-order valence-electron chi connectivity index (χ2n) is 7.14. The molecule has 3 rings (SSSR count). The lowest BCUT2D eigenvalue weighted by Crippen LogP contribution is -2.31. The van der Waals surface area contributed by atoms with Gasteiger partial charge < -0.3 is 14.2 Å². The van der Waals surface area contributed by atoms with E-state index in [0.717, 1.165) is 42.8 Å². The van der Waals surface area contributed by atoms with Gasteiger partial charge in [0.15, 0.2) is 0 Å². The maximum atomic E-state index is 12.5. The fraction of sp³-hybridized carbons (Fsp3) is 0.333. The van der Waals surface area contributed by atoms with Crippen molar-refractivity contribution in [2.75, 3.05) is 6.54 Å². The Labute approximate surface area is 173 Å². The van der Waals surface area contributed by atoms with Crippen LogP contribution in [0.15, 0.2) is 73.3 Å². The molecule has 0 spiro atoms. The van der Waals surface area contributed by atoms with Crippen molar-refractivity contribution in [3.8, 4) is 5.75 Å². The third kappa shape index (κ3) is 6.79. The van der Waals surface area contributed by atoms with Crippen molar-refractivity contribution < 1.29 is 9.53 Å². The molecule has 2 aromatic carbocycles. The largest absolute Gasteiger partial charge is 0.489 e. The SMILES string of the molecule is CCCC(=O)N(CCCn1ccnc1)Cc1ccc(OCc2ccccc2)cc1. The highest BCUT2D eigenvalue weighted by Crippen LogP contribution is 2.16. The van der Waals surface area contributed by atoms with Crippen LogP contribution >= 0.6 is 0 Å². The molecule has 0 bridgehead atoms. The van der Waals surface area contributed by atoms with E-state index in [1.807, 2.05) is 71.4 Å². The monoisotopic (exact) mass is 391 g/mol. The van der Waals surface area contributed by atoms with Gasteiger partial charge in [-0.05, 0) is 36.1 Å². The average Bonchev–Trinajstić information content (AvgIpc) is 3.27. The molecule has 152 valence electrons. The highest BCUT2D eigenvalue weighted by atomic mass is 16.5. The van der Waals surface area contributed by atoms with Gasteiger partial charge in [0.25, 0.3) is 0 Å². The molecule has 1 aromatic heterocycles. The molecule has 0 unspecified atom stereocenters. The van der Waals surface area contributed by atoms with Gasteiger partial charge in [-0.2, -0.15) is 0 Å². The second-order valence-corrected chi connectivity index (χ2v) is 7.14. The lowest BCUT2D eigenvalue weighted by atomic mass is 10.1. The summed E-state index contributed by atoms with van der Waals surface area (Å²) >= 11 is 0. The van der Waals surface area contributed by atoms with Crippen LogP contribution in [0.1, 0.15) is 37.3 Å². The minimum atomic E-state index is 0.211. The number of benzene rings is 2. The summed E-state index contributed by atoms with van der Waals surface area (Å²) in [6.07, 6.45) is 7.90. The molecule has 0 N–H and O–H groups in total. The highest BCUT2D eigenvalue weighted by Gasteiger charge is 2.13. The van der Waals surface area contributed by atoms with Gasteiger partial charge in [0.2, 0.25) is 5.91 Å². The molecule has 1 amide bonds. The number of rotatable bonds is 11. The summed E-state index contributed by atoms with van der Waals surface area (Å²) in [5.74, 6) is 1.05. The van der Waals surface area contributed by atoms with Crippen LogP contribution in [0.2, 0.25) is 0 Å². The quantitative estimate of drug-likeness (QED) is 0.477. The van der Waals surface area contributed by atoms with Crippen LogP contribution in [-0.4, -0.2) is 26.9 Å². The fourth-order valence-electron chi connectivity index (χ4n) is 3.18. The van der Waals surface area contributed by atoms with Gasteiger partial charge in [0, 0.05) is 38.4 Å². The topological polar surface area (TPSA) is 47.4 Å². The summed E-state index contributed by atoms with van der Waals surface area (Å²) in [5, 5.41) is 0. The van der Waals surface area contributed by atoms with Crippen LogP contribution in [0.5, 0.6) is 5.75 Å². The first-order valence-electron chi connectivity index (χ1n) is 10.2. The number of carbonyl (C=O) groups is 1. The van der Waals surface area contributed by atoms with Crippen LogP contribution in [0.25, 0.3) is 0 Å². The number of aromatic nitrogens is 2. The Hall–Kier alpha value is -3.08. The molecule has 1 heterocycles. The van der Waals surface area contributed by atoms with E-state index in [9.17, 15) is 4.79 Å². The molecule has 0 aliphatic rings. The molecule has 0 radical (unpaired) electrons. The Balaban J connectivity index is 1.53. The molecule has 5 nitrogen and oxygen atoms in total. The van der Waals surface area contributed by atoms with Crippen LogP contribution in [0.3, 0.4) is 0 Å². The predicted octanol–water partition coefficient (Wildman–Crippen LogP) is 4.68. The van der Waals surface area contributed by atoms with Crippen molar-refractivity contribution in [3.05, 3.63) is 84.4 Å². The van der Waals surface area contributed by atoms with Gasteiger partial charge in [-0.15, -0.1) is 0 Å². The average molecular weight is 392 g/mol. The Morgan fingerprint density at radius 2 is 1.86 bits per heavy atom. The van der Waals surface area contributed by atoms with E-state index in [1.165, 1.54) is 0 Å². The molecule has 0 aliphatic carbocycles. The number of nitrogens with zero attached hydrogens (tertiary/aromatic N) is 3. The van der Waals surface area contributed by atoms with E-state index >= 15 is 0 Å². The van der Waals surface area contributed by atoms with E-state index in [-0.39, 0.29) is 5.91 Å². The van der Waals surface area contributed by atoms with Crippen molar-refractivity contribution in [1.29, 1.82) is 0 Å². The first-order valence-corrected chi connectivity index (χ1v) is 10.2. The lowest BCUT2D eigenvalue weighted by molar-refractivity contribution is -0.132. The fourth-order valence-corrected chi connectivity index (χ4v) is 3.18. The van der Waals surface area contributed by atoms with Crippen molar-refractivity contribution in [1.82, 2.24) is 14.5 Å². The van der Waals surface area contributed by atoms with Gasteiger partial charge >= 0.3 is 0 Å². The summed E-state index contributed by atoms with van der Waals surface area (Å²) in [5.41, 5.74) is 2.26. The summed E-state index contributed by atoms with van der Waals surface area (Å²) in [4.78, 5) is 18.6. The van der Waals surface area contributed by atoms with Crippen LogP contribution in [0, 0.1) is 0 Å². The molecule has 29 heavy (non-hydrogen) atoms. The van der Waals surface area contributed by atoms with E-state index in [2.05, 4.69) is 17.1 Å². The van der Waals surface area contributed by atoms with Crippen molar-refractivity contribution in [2.24, 2.45) is 0 Å². The molecule has 0 aliphatic heterocycles. The first-order chi connectivity index (χ1) is 14.2. The third-order valence-corrected chi connectivity index (χ3v) is 4.77. The number of imidazole rings is 1. The summed E-state index contributed by atoms with van der Waals surface area (Å²) < 4.78 is 7.90. The molecule has 5 heteroatoms. The first kappa shape index (κ1) is 20.6. The molecular formula is C24H29N3O2. The molecule has 0 saturated heterocycles. The zero-order valence-electron chi connectivity index (χ0n) is 17.0. The summed E-state index contributed by atoms with van der Waals surface area (Å²) in [6.45, 7) is 4.82.